The number of benzene rings is 1. The molecule has 3 unspecified atom stereocenters. The van der Waals surface area contributed by atoms with Gasteiger partial charge in [-0.3, -0.25) is 14.5 Å². The van der Waals surface area contributed by atoms with Crippen molar-refractivity contribution in [1.29, 1.82) is 0 Å². The van der Waals surface area contributed by atoms with Crippen molar-refractivity contribution < 1.29 is 18.7 Å². The molecule has 176 valence electrons. The maximum absolute atomic E-state index is 13.4. The number of carbonyl (C=O) groups is 2. The summed E-state index contributed by atoms with van der Waals surface area (Å²) in [6, 6.07) is 6.22. The van der Waals surface area contributed by atoms with Crippen molar-refractivity contribution in [1.82, 2.24) is 20.0 Å². The Balaban J connectivity index is 1.50. The molecule has 0 saturated carbocycles. The van der Waals surface area contributed by atoms with Gasteiger partial charge in [0.2, 0.25) is 11.8 Å². The predicted molar refractivity (Wildman–Crippen MR) is 119 cm³/mol. The second-order valence-corrected chi connectivity index (χ2v) is 9.20. The Kier molecular flexibility index (Phi) is 7.75. The Morgan fingerprint density at radius 1 is 1.19 bits per heavy atom. The molecule has 0 spiro atoms. The lowest BCUT2D eigenvalue weighted by Gasteiger charge is -2.31. The summed E-state index contributed by atoms with van der Waals surface area (Å²) in [5.74, 6) is -0.247. The van der Waals surface area contributed by atoms with Crippen molar-refractivity contribution >= 4 is 11.8 Å². The van der Waals surface area contributed by atoms with Gasteiger partial charge in [0, 0.05) is 58.8 Å². The van der Waals surface area contributed by atoms with E-state index in [-0.39, 0.29) is 29.8 Å². The fraction of sp³-hybridized carbons (Fsp3) is 0.667. The fourth-order valence-electron chi connectivity index (χ4n) is 5.15. The van der Waals surface area contributed by atoms with Gasteiger partial charge in [-0.05, 0) is 49.9 Å². The molecular formula is C24H35FN4O3. The standard InChI is InChI=1S/C24H35FN4O3/c1-18(30)29-16-21(14-23(29)24(31)27-11-3-9-26-10-12-27)28(17-22-4-2-13-32-22)15-19-5-7-20(25)8-6-19/h5-8,21-23,26H,2-4,9-17H2,1H3. The molecule has 0 aliphatic carbocycles. The summed E-state index contributed by atoms with van der Waals surface area (Å²) in [6.45, 7) is 7.38. The summed E-state index contributed by atoms with van der Waals surface area (Å²) in [6.07, 6.45) is 3.79. The number of nitrogens with one attached hydrogen (secondary N) is 1. The Morgan fingerprint density at radius 2 is 2.00 bits per heavy atom. The van der Waals surface area contributed by atoms with Crippen LogP contribution >= 0.6 is 0 Å². The molecule has 0 aromatic heterocycles. The minimum absolute atomic E-state index is 0.0577. The molecular weight excluding hydrogens is 411 g/mol. The molecule has 32 heavy (non-hydrogen) atoms. The van der Waals surface area contributed by atoms with E-state index in [0.29, 0.717) is 26.1 Å². The lowest BCUT2D eigenvalue weighted by atomic mass is 10.1. The maximum Gasteiger partial charge on any atom is 0.245 e. The van der Waals surface area contributed by atoms with Crippen LogP contribution in [0.25, 0.3) is 0 Å². The predicted octanol–water partition coefficient (Wildman–Crippen LogP) is 1.62. The number of nitrogens with zero attached hydrogens (tertiary/aromatic N) is 3. The largest absolute Gasteiger partial charge is 0.377 e. The van der Waals surface area contributed by atoms with Crippen molar-refractivity contribution in [2.45, 2.75) is 57.3 Å². The average molecular weight is 447 g/mol. The summed E-state index contributed by atoms with van der Waals surface area (Å²) in [5, 5.41) is 3.33. The first kappa shape index (κ1) is 23.1. The van der Waals surface area contributed by atoms with E-state index in [1.165, 1.54) is 12.1 Å². The molecule has 3 fully saturated rings. The first-order valence-corrected chi connectivity index (χ1v) is 11.9. The number of hydrogen-bond donors (Lipinski definition) is 1. The van der Waals surface area contributed by atoms with Gasteiger partial charge < -0.3 is 19.9 Å². The normalized spacial score (nSPS) is 26.5. The Morgan fingerprint density at radius 3 is 2.72 bits per heavy atom. The zero-order chi connectivity index (χ0) is 22.5. The van der Waals surface area contributed by atoms with Crippen LogP contribution in [0.3, 0.4) is 0 Å². The summed E-state index contributed by atoms with van der Waals surface area (Å²) >= 11 is 0. The van der Waals surface area contributed by atoms with Crippen LogP contribution in [0.5, 0.6) is 0 Å². The molecule has 3 aliphatic rings. The molecule has 0 radical (unpaired) electrons. The van der Waals surface area contributed by atoms with Crippen LogP contribution in [-0.2, 0) is 20.9 Å². The van der Waals surface area contributed by atoms with E-state index in [1.54, 1.807) is 11.8 Å². The van der Waals surface area contributed by atoms with Gasteiger partial charge in [-0.15, -0.1) is 0 Å². The van der Waals surface area contributed by atoms with Crippen LogP contribution in [0.2, 0.25) is 0 Å². The molecule has 1 aromatic carbocycles. The van der Waals surface area contributed by atoms with E-state index >= 15 is 0 Å². The molecule has 7 nitrogen and oxygen atoms in total. The van der Waals surface area contributed by atoms with Gasteiger partial charge in [-0.25, -0.2) is 4.39 Å². The number of hydrogen-bond acceptors (Lipinski definition) is 5. The van der Waals surface area contributed by atoms with Gasteiger partial charge in [-0.2, -0.15) is 0 Å². The van der Waals surface area contributed by atoms with Gasteiger partial charge in [0.1, 0.15) is 11.9 Å². The van der Waals surface area contributed by atoms with Crippen molar-refractivity contribution in [3.63, 3.8) is 0 Å². The third-order valence-electron chi connectivity index (χ3n) is 6.90. The third kappa shape index (κ3) is 5.66. The van der Waals surface area contributed by atoms with Gasteiger partial charge in [0.15, 0.2) is 0 Å². The van der Waals surface area contributed by atoms with E-state index in [0.717, 1.165) is 57.6 Å². The van der Waals surface area contributed by atoms with Crippen molar-refractivity contribution in [2.24, 2.45) is 0 Å². The van der Waals surface area contributed by atoms with E-state index in [4.69, 9.17) is 4.74 Å². The van der Waals surface area contributed by atoms with Crippen LogP contribution in [-0.4, -0.2) is 90.6 Å². The number of carbonyl (C=O) groups excluding carboxylic acids is 2. The lowest BCUT2D eigenvalue weighted by Crippen LogP contribution is -2.48. The van der Waals surface area contributed by atoms with Crippen molar-refractivity contribution in [3.05, 3.63) is 35.6 Å². The molecule has 0 bridgehead atoms. The molecule has 1 N–H and O–H groups in total. The maximum atomic E-state index is 13.4. The first-order chi connectivity index (χ1) is 15.5. The highest BCUT2D eigenvalue weighted by molar-refractivity contribution is 5.87. The minimum Gasteiger partial charge on any atom is -0.377 e. The quantitative estimate of drug-likeness (QED) is 0.720. The number of halogens is 1. The van der Waals surface area contributed by atoms with Crippen molar-refractivity contribution in [2.75, 3.05) is 45.9 Å². The highest BCUT2D eigenvalue weighted by Gasteiger charge is 2.42. The monoisotopic (exact) mass is 446 g/mol. The summed E-state index contributed by atoms with van der Waals surface area (Å²) in [7, 11) is 0. The Bertz CT molecular complexity index is 776. The van der Waals surface area contributed by atoms with Crippen LogP contribution in [0.15, 0.2) is 24.3 Å². The molecule has 3 aliphatic heterocycles. The molecule has 3 heterocycles. The second-order valence-electron chi connectivity index (χ2n) is 9.20. The second kappa shape index (κ2) is 10.7. The van der Waals surface area contributed by atoms with Crippen molar-refractivity contribution in [3.8, 4) is 0 Å². The topological polar surface area (TPSA) is 65.1 Å². The fourth-order valence-corrected chi connectivity index (χ4v) is 5.15. The van der Waals surface area contributed by atoms with E-state index in [2.05, 4.69) is 10.2 Å². The molecule has 8 heteroatoms. The highest BCUT2D eigenvalue weighted by Crippen LogP contribution is 2.27. The van der Waals surface area contributed by atoms with Gasteiger partial charge >= 0.3 is 0 Å². The SMILES string of the molecule is CC(=O)N1CC(N(Cc2ccc(F)cc2)CC2CCCO2)CC1C(=O)N1CCCNCC1. The Labute approximate surface area is 189 Å². The number of amides is 2. The van der Waals surface area contributed by atoms with E-state index in [1.807, 2.05) is 17.0 Å². The lowest BCUT2D eigenvalue weighted by molar-refractivity contribution is -0.142. The van der Waals surface area contributed by atoms with Crippen LogP contribution in [0.1, 0.15) is 38.2 Å². The van der Waals surface area contributed by atoms with Crippen LogP contribution in [0, 0.1) is 5.82 Å². The molecule has 2 amide bonds. The van der Waals surface area contributed by atoms with Crippen LogP contribution in [0.4, 0.5) is 4.39 Å². The van der Waals surface area contributed by atoms with E-state index in [9.17, 15) is 14.0 Å². The third-order valence-corrected chi connectivity index (χ3v) is 6.90. The zero-order valence-corrected chi connectivity index (χ0v) is 19.0. The van der Waals surface area contributed by atoms with Crippen LogP contribution < -0.4 is 5.32 Å². The van der Waals surface area contributed by atoms with Gasteiger partial charge in [0.25, 0.3) is 0 Å². The van der Waals surface area contributed by atoms with Gasteiger partial charge in [-0.1, -0.05) is 12.1 Å². The zero-order valence-electron chi connectivity index (χ0n) is 19.0. The summed E-state index contributed by atoms with van der Waals surface area (Å²) in [4.78, 5) is 31.9. The van der Waals surface area contributed by atoms with Gasteiger partial charge in [0.05, 0.1) is 6.10 Å². The smallest absolute Gasteiger partial charge is 0.245 e. The summed E-state index contributed by atoms with van der Waals surface area (Å²) in [5.41, 5.74) is 1.02. The van der Waals surface area contributed by atoms with E-state index < -0.39 is 6.04 Å². The number of likely N-dealkylation sites (tertiary alicyclic amines) is 1. The number of rotatable bonds is 6. The molecule has 1 aromatic rings. The molecule has 4 rings (SSSR count). The average Bonchev–Trinajstić information content (AvgIpc) is 3.38. The molecule has 3 saturated heterocycles. The minimum atomic E-state index is -0.421. The molecule has 3 atom stereocenters. The summed E-state index contributed by atoms with van der Waals surface area (Å²) < 4.78 is 19.3. The highest BCUT2D eigenvalue weighted by atomic mass is 19.1. The first-order valence-electron chi connectivity index (χ1n) is 11.9. The number of ether oxygens (including phenoxy) is 1. The Hall–Kier alpha value is -2.03.